The number of halogens is 4. The van der Waals surface area contributed by atoms with Crippen LogP contribution in [0.5, 0.6) is 0 Å². The third-order valence-corrected chi connectivity index (χ3v) is 2.21. The van der Waals surface area contributed by atoms with Crippen LogP contribution >= 0.6 is 12.4 Å². The largest absolute Gasteiger partial charge is 0.468 e. The van der Waals surface area contributed by atoms with Gasteiger partial charge in [0.05, 0.1) is 12.7 Å². The third-order valence-electron chi connectivity index (χ3n) is 2.21. The zero-order valence-electron chi connectivity index (χ0n) is 9.53. The second-order valence-electron chi connectivity index (χ2n) is 3.53. The van der Waals surface area contributed by atoms with E-state index in [0.29, 0.717) is 5.56 Å². The van der Waals surface area contributed by atoms with E-state index in [1.54, 1.807) is 0 Å². The molecule has 102 valence electrons. The summed E-state index contributed by atoms with van der Waals surface area (Å²) in [6.07, 6.45) is -4.39. The SMILES string of the molecule is COC(=O)[C@@H](N)Cc1cccc(C(F)(F)F)c1.Cl. The fraction of sp³-hybridized carbons (Fsp3) is 0.364. The number of rotatable bonds is 3. The lowest BCUT2D eigenvalue weighted by atomic mass is 10.0. The Morgan fingerprint density at radius 2 is 2.06 bits per heavy atom. The van der Waals surface area contributed by atoms with Gasteiger partial charge in [0.1, 0.15) is 6.04 Å². The van der Waals surface area contributed by atoms with E-state index in [1.165, 1.54) is 19.2 Å². The zero-order valence-corrected chi connectivity index (χ0v) is 10.3. The maximum atomic E-state index is 12.4. The maximum absolute atomic E-state index is 12.4. The number of benzene rings is 1. The van der Waals surface area contributed by atoms with Crippen molar-refractivity contribution in [2.75, 3.05) is 7.11 Å². The summed E-state index contributed by atoms with van der Waals surface area (Å²) in [5.74, 6) is -0.651. The normalized spacial score (nSPS) is 12.5. The second-order valence-corrected chi connectivity index (χ2v) is 3.53. The minimum Gasteiger partial charge on any atom is -0.468 e. The quantitative estimate of drug-likeness (QED) is 0.865. The molecule has 2 N–H and O–H groups in total. The zero-order chi connectivity index (χ0) is 13.1. The molecule has 0 fully saturated rings. The van der Waals surface area contributed by atoms with Gasteiger partial charge >= 0.3 is 12.1 Å². The van der Waals surface area contributed by atoms with Gasteiger partial charge in [-0.25, -0.2) is 0 Å². The van der Waals surface area contributed by atoms with Crippen LogP contribution in [0.1, 0.15) is 11.1 Å². The molecule has 0 spiro atoms. The molecule has 0 amide bonds. The molecule has 0 bridgehead atoms. The third kappa shape index (κ3) is 4.54. The molecule has 0 aliphatic heterocycles. The number of methoxy groups -OCH3 is 1. The van der Waals surface area contributed by atoms with Gasteiger partial charge in [-0.3, -0.25) is 4.79 Å². The van der Waals surface area contributed by atoms with E-state index >= 15 is 0 Å². The van der Waals surface area contributed by atoms with Crippen molar-refractivity contribution >= 4 is 18.4 Å². The Bertz CT molecular complexity index is 410. The fourth-order valence-corrected chi connectivity index (χ4v) is 1.36. The molecule has 18 heavy (non-hydrogen) atoms. The van der Waals surface area contributed by atoms with Crippen molar-refractivity contribution in [1.29, 1.82) is 0 Å². The van der Waals surface area contributed by atoms with E-state index in [1.807, 2.05) is 0 Å². The van der Waals surface area contributed by atoms with Crippen LogP contribution in [-0.4, -0.2) is 19.1 Å². The lowest BCUT2D eigenvalue weighted by molar-refractivity contribution is -0.142. The molecule has 0 aromatic heterocycles. The van der Waals surface area contributed by atoms with E-state index in [-0.39, 0.29) is 18.8 Å². The van der Waals surface area contributed by atoms with Gasteiger partial charge in [-0.05, 0) is 18.1 Å². The van der Waals surface area contributed by atoms with Crippen molar-refractivity contribution in [3.8, 4) is 0 Å². The summed E-state index contributed by atoms with van der Waals surface area (Å²) in [6, 6.07) is 3.75. The first kappa shape index (κ1) is 16.7. The van der Waals surface area contributed by atoms with Crippen molar-refractivity contribution in [2.45, 2.75) is 18.6 Å². The number of alkyl halides is 3. The summed E-state index contributed by atoms with van der Waals surface area (Å²) in [4.78, 5) is 11.0. The average molecular weight is 284 g/mol. The Morgan fingerprint density at radius 1 is 1.44 bits per heavy atom. The highest BCUT2D eigenvalue weighted by Crippen LogP contribution is 2.29. The average Bonchev–Trinajstić information content (AvgIpc) is 2.27. The van der Waals surface area contributed by atoms with Gasteiger partial charge in [0.2, 0.25) is 0 Å². The number of hydrogen-bond donors (Lipinski definition) is 1. The molecular weight excluding hydrogens is 271 g/mol. The van der Waals surface area contributed by atoms with Crippen LogP contribution in [0, 0.1) is 0 Å². The standard InChI is InChI=1S/C11H12F3NO2.ClH/c1-17-10(16)9(15)6-7-3-2-4-8(5-7)11(12,13)14;/h2-5,9H,6,15H2,1H3;1H/t9-;/m0./s1. The van der Waals surface area contributed by atoms with Crippen LogP contribution in [0.25, 0.3) is 0 Å². The summed E-state index contributed by atoms with van der Waals surface area (Å²) in [5, 5.41) is 0. The predicted octanol–water partition coefficient (Wildman–Crippen LogP) is 2.17. The van der Waals surface area contributed by atoms with E-state index in [4.69, 9.17) is 5.73 Å². The van der Waals surface area contributed by atoms with Gasteiger partial charge in [0, 0.05) is 0 Å². The Hall–Kier alpha value is -1.27. The van der Waals surface area contributed by atoms with Crippen LogP contribution in [-0.2, 0) is 22.1 Å². The first-order valence-corrected chi connectivity index (χ1v) is 4.84. The highest BCUT2D eigenvalue weighted by molar-refractivity contribution is 5.85. The fourth-order valence-electron chi connectivity index (χ4n) is 1.36. The molecule has 1 rings (SSSR count). The Morgan fingerprint density at radius 3 is 2.56 bits per heavy atom. The Kier molecular flexibility index (Phi) is 6.14. The monoisotopic (exact) mass is 283 g/mol. The molecule has 3 nitrogen and oxygen atoms in total. The van der Waals surface area contributed by atoms with Gasteiger partial charge in [-0.1, -0.05) is 18.2 Å². The lowest BCUT2D eigenvalue weighted by Crippen LogP contribution is -2.33. The molecule has 1 atom stereocenters. The molecule has 0 unspecified atom stereocenters. The van der Waals surface area contributed by atoms with Crippen molar-refractivity contribution in [3.05, 3.63) is 35.4 Å². The van der Waals surface area contributed by atoms with Gasteiger partial charge in [0.25, 0.3) is 0 Å². The topological polar surface area (TPSA) is 52.3 Å². The van der Waals surface area contributed by atoms with Gasteiger partial charge < -0.3 is 10.5 Å². The molecular formula is C11H13ClF3NO2. The smallest absolute Gasteiger partial charge is 0.416 e. The van der Waals surface area contributed by atoms with Gasteiger partial charge in [-0.2, -0.15) is 13.2 Å². The number of esters is 1. The molecule has 0 radical (unpaired) electrons. The molecule has 0 saturated heterocycles. The summed E-state index contributed by atoms with van der Waals surface area (Å²) in [6.45, 7) is 0. The molecule has 1 aromatic carbocycles. The highest BCUT2D eigenvalue weighted by atomic mass is 35.5. The van der Waals surface area contributed by atoms with Crippen molar-refractivity contribution in [1.82, 2.24) is 0 Å². The Labute approximate surface area is 109 Å². The minimum atomic E-state index is -4.40. The van der Waals surface area contributed by atoms with Crippen molar-refractivity contribution in [3.63, 3.8) is 0 Å². The molecule has 7 heteroatoms. The Balaban J connectivity index is 0.00000289. The van der Waals surface area contributed by atoms with Crippen LogP contribution in [0.4, 0.5) is 13.2 Å². The van der Waals surface area contributed by atoms with Crippen molar-refractivity contribution < 1.29 is 22.7 Å². The second kappa shape index (κ2) is 6.61. The molecule has 0 aliphatic rings. The first-order chi connectivity index (χ1) is 7.84. The molecule has 0 saturated carbocycles. The number of ether oxygens (including phenoxy) is 1. The first-order valence-electron chi connectivity index (χ1n) is 4.84. The maximum Gasteiger partial charge on any atom is 0.416 e. The number of hydrogen-bond acceptors (Lipinski definition) is 3. The van der Waals surface area contributed by atoms with E-state index in [9.17, 15) is 18.0 Å². The molecule has 0 heterocycles. The number of carbonyl (C=O) groups excluding carboxylic acids is 1. The predicted molar refractivity (Wildman–Crippen MR) is 62.4 cm³/mol. The summed E-state index contributed by atoms with van der Waals surface area (Å²) in [7, 11) is 1.17. The van der Waals surface area contributed by atoms with E-state index < -0.39 is 23.8 Å². The summed E-state index contributed by atoms with van der Waals surface area (Å²) in [5.41, 5.74) is 5.05. The van der Waals surface area contributed by atoms with Crippen LogP contribution in [0.2, 0.25) is 0 Å². The van der Waals surface area contributed by atoms with Gasteiger partial charge in [-0.15, -0.1) is 12.4 Å². The van der Waals surface area contributed by atoms with Crippen molar-refractivity contribution in [2.24, 2.45) is 5.73 Å². The summed E-state index contributed by atoms with van der Waals surface area (Å²) >= 11 is 0. The van der Waals surface area contributed by atoms with Crippen LogP contribution < -0.4 is 5.73 Å². The van der Waals surface area contributed by atoms with E-state index in [2.05, 4.69) is 4.74 Å². The van der Waals surface area contributed by atoms with Crippen LogP contribution in [0.3, 0.4) is 0 Å². The molecule has 1 aromatic rings. The number of nitrogens with two attached hydrogens (primary N) is 1. The molecule has 0 aliphatic carbocycles. The van der Waals surface area contributed by atoms with E-state index in [0.717, 1.165) is 12.1 Å². The number of carbonyl (C=O) groups is 1. The minimum absolute atomic E-state index is 0. The van der Waals surface area contributed by atoms with Gasteiger partial charge in [0.15, 0.2) is 0 Å². The highest BCUT2D eigenvalue weighted by Gasteiger charge is 2.30. The van der Waals surface area contributed by atoms with Crippen LogP contribution in [0.15, 0.2) is 24.3 Å². The summed E-state index contributed by atoms with van der Waals surface area (Å²) < 4.78 is 41.6. The lowest BCUT2D eigenvalue weighted by Gasteiger charge is -2.11.